The fourth-order valence-electron chi connectivity index (χ4n) is 3.89. The van der Waals surface area contributed by atoms with E-state index in [0.717, 1.165) is 22.9 Å². The lowest BCUT2D eigenvalue weighted by atomic mass is 9.93. The zero-order valence-corrected chi connectivity index (χ0v) is 22.6. The first-order chi connectivity index (χ1) is 18.0. The summed E-state index contributed by atoms with van der Waals surface area (Å²) in [6.07, 6.45) is 5.08. The number of allylic oxidation sites excluding steroid dienone is 2. The molecule has 0 N–H and O–H groups in total. The van der Waals surface area contributed by atoms with Gasteiger partial charge in [0.15, 0.2) is 5.83 Å². The number of aromatic nitrogens is 1. The molecule has 0 saturated carbocycles. The molecule has 0 aliphatic rings. The van der Waals surface area contributed by atoms with Crippen molar-refractivity contribution in [3.05, 3.63) is 116 Å². The number of benzene rings is 2. The quantitative estimate of drug-likeness (QED) is 0.216. The van der Waals surface area contributed by atoms with Crippen LogP contribution in [0.15, 0.2) is 75.2 Å². The molecule has 38 heavy (non-hydrogen) atoms. The number of nitrogens with zero attached hydrogens (tertiary/aromatic N) is 2. The molecule has 0 saturated heterocycles. The van der Waals surface area contributed by atoms with Crippen LogP contribution in [0.4, 0.5) is 17.6 Å². The number of halogens is 5. The Morgan fingerprint density at radius 3 is 2.53 bits per heavy atom. The summed E-state index contributed by atoms with van der Waals surface area (Å²) in [5, 5.41) is -0.198. The fraction of sp³-hybridized carbons (Fsp3) is 0.214. The van der Waals surface area contributed by atoms with Gasteiger partial charge in [0.1, 0.15) is 28.2 Å². The molecule has 0 amide bonds. The van der Waals surface area contributed by atoms with Gasteiger partial charge in [0.25, 0.3) is 5.56 Å². The van der Waals surface area contributed by atoms with Crippen LogP contribution in [0.25, 0.3) is 6.20 Å². The highest BCUT2D eigenvalue weighted by Gasteiger charge is 2.21. The summed E-state index contributed by atoms with van der Waals surface area (Å²) >= 11 is 6.37. The van der Waals surface area contributed by atoms with Gasteiger partial charge in [-0.3, -0.25) is 18.6 Å². The summed E-state index contributed by atoms with van der Waals surface area (Å²) in [5.74, 6) is -3.75. The maximum Gasteiger partial charge on any atom is 0.273 e. The van der Waals surface area contributed by atoms with E-state index < -0.39 is 51.3 Å². The summed E-state index contributed by atoms with van der Waals surface area (Å²) in [4.78, 5) is 17.0. The van der Waals surface area contributed by atoms with Crippen molar-refractivity contribution < 1.29 is 21.8 Å². The average Bonchev–Trinajstić information content (AvgIpc) is 2.86. The Balaban J connectivity index is 2.06. The van der Waals surface area contributed by atoms with Gasteiger partial charge >= 0.3 is 0 Å². The predicted molar refractivity (Wildman–Crippen MR) is 144 cm³/mol. The van der Waals surface area contributed by atoms with Crippen molar-refractivity contribution in [2.24, 2.45) is 4.99 Å². The monoisotopic (exact) mass is 564 g/mol. The van der Waals surface area contributed by atoms with Crippen LogP contribution in [0.2, 0.25) is 5.02 Å². The topological polar surface area (TPSA) is 51.4 Å². The molecular weight excluding hydrogens is 540 g/mol. The van der Waals surface area contributed by atoms with E-state index in [9.17, 15) is 17.8 Å². The lowest BCUT2D eigenvalue weighted by Crippen LogP contribution is -2.22. The predicted octanol–water partition coefficient (Wildman–Crippen LogP) is 7.10. The van der Waals surface area contributed by atoms with Crippen LogP contribution in [-0.4, -0.2) is 20.7 Å². The number of hydrogen-bond donors (Lipinski definition) is 0. The van der Waals surface area contributed by atoms with Crippen molar-refractivity contribution in [1.82, 2.24) is 4.57 Å². The highest BCUT2D eigenvalue weighted by molar-refractivity contribution is 7.84. The lowest BCUT2D eigenvalue weighted by molar-refractivity contribution is 0.565. The Hall–Kier alpha value is -3.30. The van der Waals surface area contributed by atoms with Gasteiger partial charge in [-0.05, 0) is 61.6 Å². The Labute approximate surface area is 225 Å². The Bertz CT molecular complexity index is 1550. The summed E-state index contributed by atoms with van der Waals surface area (Å²) in [6, 6.07) is 8.89. The van der Waals surface area contributed by atoms with E-state index in [1.54, 1.807) is 26.8 Å². The smallest absolute Gasteiger partial charge is 0.273 e. The molecule has 2 unspecified atom stereocenters. The van der Waals surface area contributed by atoms with E-state index in [0.29, 0.717) is 11.3 Å². The maximum absolute atomic E-state index is 15.6. The Morgan fingerprint density at radius 2 is 1.89 bits per heavy atom. The average molecular weight is 565 g/mol. The maximum atomic E-state index is 15.6. The van der Waals surface area contributed by atoms with Crippen LogP contribution < -0.4 is 5.56 Å². The summed E-state index contributed by atoms with van der Waals surface area (Å²) in [7, 11) is -1.66. The van der Waals surface area contributed by atoms with E-state index in [-0.39, 0.29) is 27.5 Å². The van der Waals surface area contributed by atoms with E-state index in [2.05, 4.69) is 4.99 Å². The van der Waals surface area contributed by atoms with Gasteiger partial charge in [0.05, 0.1) is 21.9 Å². The first kappa shape index (κ1) is 29.3. The van der Waals surface area contributed by atoms with Crippen molar-refractivity contribution in [2.75, 3.05) is 6.26 Å². The van der Waals surface area contributed by atoms with Crippen molar-refractivity contribution in [3.63, 3.8) is 0 Å². The van der Waals surface area contributed by atoms with Crippen LogP contribution >= 0.6 is 11.6 Å². The number of hydrogen-bond acceptors (Lipinski definition) is 3. The molecule has 1 aromatic heterocycles. The summed E-state index contributed by atoms with van der Waals surface area (Å²) in [6.45, 7) is 4.93. The molecule has 0 fully saturated rings. The molecular formula is C28H25ClF4N2O2S. The summed E-state index contributed by atoms with van der Waals surface area (Å²) < 4.78 is 70.9. The van der Waals surface area contributed by atoms with Crippen LogP contribution in [0.1, 0.15) is 42.1 Å². The number of pyridine rings is 1. The van der Waals surface area contributed by atoms with Gasteiger partial charge in [0, 0.05) is 29.8 Å². The second-order valence-corrected chi connectivity index (χ2v) is 10.3. The second-order valence-electron chi connectivity index (χ2n) is 8.58. The molecule has 200 valence electrons. The number of rotatable bonds is 8. The van der Waals surface area contributed by atoms with E-state index in [1.807, 2.05) is 0 Å². The minimum atomic E-state index is -1.66. The zero-order valence-electron chi connectivity index (χ0n) is 21.1. The fourth-order valence-corrected chi connectivity index (χ4v) is 4.86. The first-order valence-corrected chi connectivity index (χ1v) is 13.4. The second kappa shape index (κ2) is 12.5. The van der Waals surface area contributed by atoms with Gasteiger partial charge in [-0.25, -0.2) is 17.6 Å². The molecule has 0 aliphatic heterocycles. The van der Waals surface area contributed by atoms with Gasteiger partial charge in [-0.1, -0.05) is 36.7 Å². The molecule has 2 aromatic carbocycles. The molecule has 4 nitrogen and oxygen atoms in total. The number of aryl methyl sites for hydroxylation is 1. The number of aliphatic imine (C=N–C) groups is 1. The molecule has 1 heterocycles. The third-order valence-corrected chi connectivity index (χ3v) is 7.14. The summed E-state index contributed by atoms with van der Waals surface area (Å²) in [5.41, 5.74) is -0.394. The Morgan fingerprint density at radius 1 is 1.18 bits per heavy atom. The van der Waals surface area contributed by atoms with Crippen LogP contribution in [0.3, 0.4) is 0 Å². The molecule has 3 rings (SSSR count). The largest absolute Gasteiger partial charge is 0.284 e. The molecule has 0 spiro atoms. The zero-order chi connectivity index (χ0) is 28.1. The Kier molecular flexibility index (Phi) is 9.62. The molecule has 3 aromatic rings. The van der Waals surface area contributed by atoms with Crippen LogP contribution in [0.5, 0.6) is 0 Å². The SMILES string of the molecule is C/C=C/N=C(/C(F)=C/n1c(C)cc(C(C)Cc2ccc(F)cc2F)c(Cl)c1=O)c1cccc(S(C)=O)c1F. The standard InChI is InChI=1S/C28H25ClF4N2O2S/c1-5-11-34-27(20-7-6-8-24(26(20)33)38(4)37)23(32)15-35-17(3)13-21(25(29)28(35)36)16(2)12-18-9-10-19(30)14-22(18)31/h5-11,13-16H,12H2,1-4H3/b11-5+,23-15-,34-27+. The highest BCUT2D eigenvalue weighted by atomic mass is 35.5. The van der Waals surface area contributed by atoms with Crippen molar-refractivity contribution in [1.29, 1.82) is 0 Å². The van der Waals surface area contributed by atoms with Gasteiger partial charge in [-0.2, -0.15) is 0 Å². The minimum Gasteiger partial charge on any atom is -0.284 e. The van der Waals surface area contributed by atoms with Gasteiger partial charge < -0.3 is 0 Å². The van der Waals surface area contributed by atoms with Crippen LogP contribution in [-0.2, 0) is 17.2 Å². The first-order valence-electron chi connectivity index (χ1n) is 11.5. The molecule has 2 atom stereocenters. The normalized spacial score (nSPS) is 14.2. The van der Waals surface area contributed by atoms with Crippen molar-refractivity contribution >= 4 is 34.3 Å². The van der Waals surface area contributed by atoms with Gasteiger partial charge in [0.2, 0.25) is 0 Å². The third-order valence-electron chi connectivity index (χ3n) is 5.83. The van der Waals surface area contributed by atoms with Crippen LogP contribution in [0, 0.1) is 24.4 Å². The van der Waals surface area contributed by atoms with Crippen molar-refractivity contribution in [3.8, 4) is 0 Å². The third kappa shape index (κ3) is 6.39. The van der Waals surface area contributed by atoms with E-state index in [4.69, 9.17) is 11.6 Å². The molecule has 10 heteroatoms. The van der Waals surface area contributed by atoms with Crippen molar-refractivity contribution in [2.45, 2.75) is 38.0 Å². The molecule has 0 radical (unpaired) electrons. The van der Waals surface area contributed by atoms with Gasteiger partial charge in [-0.15, -0.1) is 0 Å². The van der Waals surface area contributed by atoms with E-state index in [1.165, 1.54) is 42.8 Å². The van der Waals surface area contributed by atoms with E-state index >= 15 is 8.78 Å². The lowest BCUT2D eigenvalue weighted by Gasteiger charge is -2.17. The molecule has 0 aliphatic carbocycles. The molecule has 0 bridgehead atoms. The minimum absolute atomic E-state index is 0.115. The highest BCUT2D eigenvalue weighted by Crippen LogP contribution is 2.28.